The molecule has 1 atom stereocenters. The second-order valence-electron chi connectivity index (χ2n) is 6.48. The maximum absolute atomic E-state index is 12.1. The number of carbonyl (C=O) groups excluding carboxylic acids is 1. The Morgan fingerprint density at radius 1 is 1.32 bits per heavy atom. The largest absolute Gasteiger partial charge is 0.378 e. The Balaban J connectivity index is 0.00000288. The third kappa shape index (κ3) is 8.38. The molecule has 25 heavy (non-hydrogen) atoms. The number of morpholine rings is 1. The molecule has 1 aromatic rings. The van der Waals surface area contributed by atoms with E-state index in [0.717, 1.165) is 19.7 Å². The van der Waals surface area contributed by atoms with Crippen molar-refractivity contribution >= 4 is 30.7 Å². The van der Waals surface area contributed by atoms with Gasteiger partial charge in [-0.1, -0.05) is 24.3 Å². The summed E-state index contributed by atoms with van der Waals surface area (Å²) >= 11 is 0. The van der Waals surface area contributed by atoms with E-state index in [0.29, 0.717) is 25.6 Å². The number of benzene rings is 1. The molecule has 0 spiro atoms. The van der Waals surface area contributed by atoms with Crippen LogP contribution < -0.4 is 10.6 Å². The summed E-state index contributed by atoms with van der Waals surface area (Å²) in [5.74, 6) is 0.0695. The monoisotopic (exact) mass is 391 g/mol. The lowest BCUT2D eigenvalue weighted by Crippen LogP contribution is -2.44. The number of ether oxygens (including phenoxy) is 1. The first-order chi connectivity index (χ1) is 11.1. The molecule has 1 aliphatic heterocycles. The quantitative estimate of drug-likeness (QED) is 0.748. The molecular formula is C18H31Cl2N3O2. The smallest absolute Gasteiger partial charge is 0.221 e. The van der Waals surface area contributed by atoms with Crippen LogP contribution in [-0.4, -0.2) is 49.7 Å². The molecular weight excluding hydrogens is 361 g/mol. The van der Waals surface area contributed by atoms with Gasteiger partial charge in [-0.3, -0.25) is 9.69 Å². The summed E-state index contributed by atoms with van der Waals surface area (Å²) in [6, 6.07) is 8.93. The van der Waals surface area contributed by atoms with Gasteiger partial charge in [0.15, 0.2) is 0 Å². The van der Waals surface area contributed by atoms with Crippen LogP contribution in [0.4, 0.5) is 0 Å². The summed E-state index contributed by atoms with van der Waals surface area (Å²) in [6.07, 6.45) is 0.466. The highest BCUT2D eigenvalue weighted by atomic mass is 35.5. The van der Waals surface area contributed by atoms with Crippen molar-refractivity contribution in [2.24, 2.45) is 0 Å². The average Bonchev–Trinajstić information content (AvgIpc) is 2.55. The van der Waals surface area contributed by atoms with Crippen LogP contribution in [0.15, 0.2) is 24.3 Å². The fourth-order valence-corrected chi connectivity index (χ4v) is 2.58. The third-order valence-corrected chi connectivity index (χ3v) is 4.33. The first kappa shape index (κ1) is 24.1. The van der Waals surface area contributed by atoms with E-state index in [1.54, 1.807) is 0 Å². The van der Waals surface area contributed by atoms with Gasteiger partial charge in [-0.05, 0) is 32.0 Å². The normalized spacial score (nSPS) is 16.9. The van der Waals surface area contributed by atoms with Gasteiger partial charge in [0.1, 0.15) is 0 Å². The Hall–Kier alpha value is -0.850. The first-order valence-electron chi connectivity index (χ1n) is 8.41. The molecule has 0 aliphatic carbocycles. The number of halogens is 2. The number of nitrogens with zero attached hydrogens (tertiary/aromatic N) is 1. The predicted octanol–water partition coefficient (Wildman–Crippen LogP) is 2.37. The summed E-state index contributed by atoms with van der Waals surface area (Å²) in [7, 11) is 2.12. The molecule has 2 rings (SSSR count). The van der Waals surface area contributed by atoms with E-state index in [2.05, 4.69) is 54.6 Å². The van der Waals surface area contributed by atoms with E-state index in [1.807, 2.05) is 6.07 Å². The molecule has 0 radical (unpaired) electrons. The van der Waals surface area contributed by atoms with Gasteiger partial charge in [-0.15, -0.1) is 24.8 Å². The second-order valence-corrected chi connectivity index (χ2v) is 6.48. The zero-order valence-corrected chi connectivity index (χ0v) is 16.9. The van der Waals surface area contributed by atoms with Crippen LogP contribution >= 0.6 is 24.8 Å². The van der Waals surface area contributed by atoms with Crippen LogP contribution in [0.2, 0.25) is 0 Å². The molecule has 7 heteroatoms. The Bertz CT molecular complexity index is 509. The van der Waals surface area contributed by atoms with Gasteiger partial charge in [-0.2, -0.15) is 0 Å². The van der Waals surface area contributed by atoms with Crippen LogP contribution in [0.5, 0.6) is 0 Å². The summed E-state index contributed by atoms with van der Waals surface area (Å²) < 4.78 is 5.38. The van der Waals surface area contributed by atoms with E-state index < -0.39 is 0 Å². The molecule has 5 nitrogen and oxygen atoms in total. The standard InChI is InChI=1S/C18H29N3O2.2ClH/c1-14(2)21(3)12-16-7-5-4-6-15(16)11-20-18(22)10-17-13-23-9-8-19-17;;/h4-7,14,17,19H,8-13H2,1-3H3,(H,20,22);2*1H. The number of rotatable bonds is 7. The lowest BCUT2D eigenvalue weighted by molar-refractivity contribution is -0.122. The van der Waals surface area contributed by atoms with Crippen molar-refractivity contribution in [2.75, 3.05) is 26.8 Å². The lowest BCUT2D eigenvalue weighted by Gasteiger charge is -2.24. The molecule has 0 bridgehead atoms. The number of amides is 1. The minimum Gasteiger partial charge on any atom is -0.378 e. The minimum atomic E-state index is 0. The van der Waals surface area contributed by atoms with Crippen molar-refractivity contribution in [3.8, 4) is 0 Å². The van der Waals surface area contributed by atoms with Crippen molar-refractivity contribution in [3.05, 3.63) is 35.4 Å². The highest BCUT2D eigenvalue weighted by Crippen LogP contribution is 2.12. The SMILES string of the molecule is CC(C)N(C)Cc1ccccc1CNC(=O)CC1COCCN1.Cl.Cl. The average molecular weight is 392 g/mol. The van der Waals surface area contributed by atoms with Crippen molar-refractivity contribution in [3.63, 3.8) is 0 Å². The Labute approximate surface area is 163 Å². The Morgan fingerprint density at radius 2 is 2.00 bits per heavy atom. The molecule has 1 saturated heterocycles. The number of hydrogen-bond donors (Lipinski definition) is 2. The van der Waals surface area contributed by atoms with E-state index in [4.69, 9.17) is 4.74 Å². The van der Waals surface area contributed by atoms with E-state index >= 15 is 0 Å². The van der Waals surface area contributed by atoms with Gasteiger partial charge in [0.2, 0.25) is 5.91 Å². The number of nitrogens with one attached hydrogen (secondary N) is 2. The molecule has 0 aromatic heterocycles. The molecule has 1 heterocycles. The van der Waals surface area contributed by atoms with Crippen molar-refractivity contribution < 1.29 is 9.53 Å². The van der Waals surface area contributed by atoms with Gasteiger partial charge in [0, 0.05) is 38.1 Å². The van der Waals surface area contributed by atoms with Crippen LogP contribution in [0.1, 0.15) is 31.4 Å². The third-order valence-electron chi connectivity index (χ3n) is 4.33. The molecule has 1 aromatic carbocycles. The summed E-state index contributed by atoms with van der Waals surface area (Å²) in [6.45, 7) is 8.00. The molecule has 1 fully saturated rings. The maximum Gasteiger partial charge on any atom is 0.221 e. The van der Waals surface area contributed by atoms with Crippen molar-refractivity contribution in [2.45, 2.75) is 45.4 Å². The number of hydrogen-bond acceptors (Lipinski definition) is 4. The molecule has 1 aliphatic rings. The van der Waals surface area contributed by atoms with Gasteiger partial charge in [0.25, 0.3) is 0 Å². The minimum absolute atomic E-state index is 0. The molecule has 1 amide bonds. The van der Waals surface area contributed by atoms with Gasteiger partial charge in [-0.25, -0.2) is 0 Å². The van der Waals surface area contributed by atoms with Crippen molar-refractivity contribution in [1.82, 2.24) is 15.5 Å². The lowest BCUT2D eigenvalue weighted by atomic mass is 10.1. The fourth-order valence-electron chi connectivity index (χ4n) is 2.58. The van der Waals surface area contributed by atoms with Gasteiger partial charge >= 0.3 is 0 Å². The highest BCUT2D eigenvalue weighted by molar-refractivity contribution is 5.85. The second kappa shape index (κ2) is 12.5. The molecule has 144 valence electrons. The van der Waals surface area contributed by atoms with Crippen molar-refractivity contribution in [1.29, 1.82) is 0 Å². The van der Waals surface area contributed by atoms with E-state index in [9.17, 15) is 4.79 Å². The maximum atomic E-state index is 12.1. The summed E-state index contributed by atoms with van der Waals surface area (Å²) in [4.78, 5) is 14.4. The summed E-state index contributed by atoms with van der Waals surface area (Å²) in [5, 5.41) is 6.34. The Kier molecular flexibility index (Phi) is 12.1. The molecule has 2 N–H and O–H groups in total. The van der Waals surface area contributed by atoms with Crippen LogP contribution in [0.3, 0.4) is 0 Å². The van der Waals surface area contributed by atoms with E-state index in [-0.39, 0.29) is 36.8 Å². The zero-order chi connectivity index (χ0) is 16.7. The Morgan fingerprint density at radius 3 is 2.60 bits per heavy atom. The fraction of sp³-hybridized carbons (Fsp3) is 0.611. The molecule has 1 unspecified atom stereocenters. The first-order valence-corrected chi connectivity index (χ1v) is 8.41. The zero-order valence-electron chi connectivity index (χ0n) is 15.3. The topological polar surface area (TPSA) is 53.6 Å². The highest BCUT2D eigenvalue weighted by Gasteiger charge is 2.17. The van der Waals surface area contributed by atoms with Crippen LogP contribution in [0.25, 0.3) is 0 Å². The van der Waals surface area contributed by atoms with E-state index in [1.165, 1.54) is 11.1 Å². The van der Waals surface area contributed by atoms with Crippen LogP contribution in [0, 0.1) is 0 Å². The van der Waals surface area contributed by atoms with Gasteiger partial charge in [0.05, 0.1) is 13.2 Å². The number of carbonyl (C=O) groups is 1. The van der Waals surface area contributed by atoms with Crippen LogP contribution in [-0.2, 0) is 22.6 Å². The predicted molar refractivity (Wildman–Crippen MR) is 107 cm³/mol. The summed E-state index contributed by atoms with van der Waals surface area (Å²) in [5.41, 5.74) is 2.45. The van der Waals surface area contributed by atoms with Gasteiger partial charge < -0.3 is 15.4 Å². The molecule has 0 saturated carbocycles.